The highest BCUT2D eigenvalue weighted by atomic mass is 35.5. The fourth-order valence-electron chi connectivity index (χ4n) is 1.07. The molecular weight excluding hydrogens is 278 g/mol. The molecule has 0 rings (SSSR count). The van der Waals surface area contributed by atoms with Crippen molar-refractivity contribution in [2.24, 2.45) is 5.92 Å². The van der Waals surface area contributed by atoms with Crippen molar-refractivity contribution in [3.05, 3.63) is 0 Å². The Kier molecular flexibility index (Phi) is 7.89. The first-order valence-corrected chi connectivity index (χ1v) is 6.10. The summed E-state index contributed by atoms with van der Waals surface area (Å²) < 4.78 is 4.62. The topological polar surface area (TPSA) is 63.6 Å². The SMILES string of the molecule is CCOC(=O)C(C(=O)O)C(Cl)C(Cl)CCCl. The van der Waals surface area contributed by atoms with Crippen LogP contribution in [0.4, 0.5) is 0 Å². The molecule has 0 amide bonds. The molecule has 4 nitrogen and oxygen atoms in total. The van der Waals surface area contributed by atoms with Gasteiger partial charge in [0, 0.05) is 5.88 Å². The van der Waals surface area contributed by atoms with Gasteiger partial charge in [0.15, 0.2) is 5.92 Å². The van der Waals surface area contributed by atoms with Gasteiger partial charge in [0.1, 0.15) is 0 Å². The molecule has 1 N–H and O–H groups in total. The van der Waals surface area contributed by atoms with Crippen LogP contribution in [0.5, 0.6) is 0 Å². The number of carbonyl (C=O) groups excluding carboxylic acids is 1. The Morgan fingerprint density at radius 3 is 2.31 bits per heavy atom. The molecule has 3 atom stereocenters. The molecule has 0 aromatic rings. The maximum atomic E-state index is 11.4. The second-order valence-corrected chi connectivity index (χ2v) is 4.45. The van der Waals surface area contributed by atoms with Crippen LogP contribution in [-0.4, -0.2) is 40.3 Å². The van der Waals surface area contributed by atoms with Gasteiger partial charge >= 0.3 is 11.9 Å². The lowest BCUT2D eigenvalue weighted by atomic mass is 10.0. The lowest BCUT2D eigenvalue weighted by Crippen LogP contribution is -2.38. The van der Waals surface area contributed by atoms with Gasteiger partial charge in [-0.1, -0.05) is 0 Å². The largest absolute Gasteiger partial charge is 0.481 e. The van der Waals surface area contributed by atoms with Gasteiger partial charge in [-0.05, 0) is 13.3 Å². The lowest BCUT2D eigenvalue weighted by Gasteiger charge is -2.20. The Balaban J connectivity index is 4.64. The molecule has 0 aliphatic carbocycles. The summed E-state index contributed by atoms with van der Waals surface area (Å²) in [7, 11) is 0. The molecule has 0 aromatic carbocycles. The van der Waals surface area contributed by atoms with E-state index in [9.17, 15) is 9.59 Å². The number of carbonyl (C=O) groups is 2. The third-order valence-electron chi connectivity index (χ3n) is 1.86. The average molecular weight is 292 g/mol. The van der Waals surface area contributed by atoms with E-state index in [1.807, 2.05) is 0 Å². The van der Waals surface area contributed by atoms with Crippen molar-refractivity contribution >= 4 is 46.7 Å². The van der Waals surface area contributed by atoms with Gasteiger partial charge in [-0.3, -0.25) is 9.59 Å². The molecule has 0 saturated heterocycles. The highest BCUT2D eigenvalue weighted by Crippen LogP contribution is 2.23. The normalized spacial score (nSPS) is 16.2. The van der Waals surface area contributed by atoms with Crippen molar-refractivity contribution < 1.29 is 19.4 Å². The van der Waals surface area contributed by atoms with Gasteiger partial charge in [-0.2, -0.15) is 0 Å². The van der Waals surface area contributed by atoms with E-state index in [1.165, 1.54) is 0 Å². The quantitative estimate of drug-likeness (QED) is 0.443. The summed E-state index contributed by atoms with van der Waals surface area (Å²) in [5.41, 5.74) is 0. The Hall–Kier alpha value is -0.190. The van der Waals surface area contributed by atoms with Crippen LogP contribution in [0.3, 0.4) is 0 Å². The van der Waals surface area contributed by atoms with Crippen LogP contribution < -0.4 is 0 Å². The monoisotopic (exact) mass is 290 g/mol. The van der Waals surface area contributed by atoms with Gasteiger partial charge in [0.2, 0.25) is 0 Å². The third kappa shape index (κ3) is 4.76. The number of hydrogen-bond acceptors (Lipinski definition) is 3. The minimum absolute atomic E-state index is 0.0919. The summed E-state index contributed by atoms with van der Waals surface area (Å²) in [5.74, 6) is -3.45. The molecule has 0 aliphatic heterocycles. The third-order valence-corrected chi connectivity index (χ3v) is 3.25. The van der Waals surface area contributed by atoms with Crippen molar-refractivity contribution in [1.29, 1.82) is 0 Å². The maximum Gasteiger partial charge on any atom is 0.321 e. The molecule has 0 aliphatic rings. The summed E-state index contributed by atoms with van der Waals surface area (Å²) >= 11 is 17.1. The predicted octanol–water partition coefficient (Wildman–Crippen LogP) is 2.09. The number of carboxylic acids is 1. The number of aliphatic carboxylic acids is 1. The van der Waals surface area contributed by atoms with E-state index >= 15 is 0 Å². The summed E-state index contributed by atoms with van der Waals surface area (Å²) in [6.45, 7) is 1.67. The van der Waals surface area contributed by atoms with Crippen LogP contribution in [0.25, 0.3) is 0 Å². The summed E-state index contributed by atoms with van der Waals surface area (Å²) in [5, 5.41) is 7.15. The molecule has 0 heterocycles. The van der Waals surface area contributed by atoms with Crippen molar-refractivity contribution in [2.75, 3.05) is 12.5 Å². The zero-order valence-electron chi connectivity index (χ0n) is 8.66. The van der Waals surface area contributed by atoms with E-state index in [-0.39, 0.29) is 12.5 Å². The summed E-state index contributed by atoms with van der Waals surface area (Å²) in [6.07, 6.45) is 0.320. The number of carboxylic acid groups (broad SMARTS) is 1. The van der Waals surface area contributed by atoms with Gasteiger partial charge in [0.25, 0.3) is 0 Å². The number of ether oxygens (including phenoxy) is 1. The number of alkyl halides is 3. The molecule has 0 saturated carbocycles. The van der Waals surface area contributed by atoms with Crippen LogP contribution in [0.15, 0.2) is 0 Å². The van der Waals surface area contributed by atoms with Gasteiger partial charge in [-0.15, -0.1) is 34.8 Å². The minimum atomic E-state index is -1.47. The molecule has 94 valence electrons. The first-order chi connectivity index (χ1) is 7.45. The first-order valence-electron chi connectivity index (χ1n) is 4.69. The van der Waals surface area contributed by atoms with Gasteiger partial charge in [-0.25, -0.2) is 0 Å². The van der Waals surface area contributed by atoms with Crippen LogP contribution in [0, 0.1) is 5.92 Å². The highest BCUT2D eigenvalue weighted by Gasteiger charge is 2.38. The van der Waals surface area contributed by atoms with E-state index in [0.717, 1.165) is 0 Å². The predicted molar refractivity (Wildman–Crippen MR) is 62.4 cm³/mol. The zero-order chi connectivity index (χ0) is 12.7. The molecule has 0 spiro atoms. The molecule has 0 radical (unpaired) electrons. The van der Waals surface area contributed by atoms with Crippen LogP contribution in [0.1, 0.15) is 13.3 Å². The Labute approximate surface area is 109 Å². The van der Waals surface area contributed by atoms with E-state index in [2.05, 4.69) is 4.74 Å². The molecule has 7 heteroatoms. The zero-order valence-corrected chi connectivity index (χ0v) is 10.9. The number of halogens is 3. The van der Waals surface area contributed by atoms with Gasteiger partial charge < -0.3 is 9.84 Å². The van der Waals surface area contributed by atoms with E-state index in [4.69, 9.17) is 39.9 Å². The maximum absolute atomic E-state index is 11.4. The highest BCUT2D eigenvalue weighted by molar-refractivity contribution is 6.32. The molecule has 0 bridgehead atoms. The van der Waals surface area contributed by atoms with Crippen LogP contribution in [0.2, 0.25) is 0 Å². The van der Waals surface area contributed by atoms with Crippen LogP contribution in [-0.2, 0) is 14.3 Å². The number of rotatable bonds is 7. The number of hydrogen-bond donors (Lipinski definition) is 1. The molecule has 0 aromatic heterocycles. The van der Waals surface area contributed by atoms with Crippen LogP contribution >= 0.6 is 34.8 Å². The van der Waals surface area contributed by atoms with Crippen molar-refractivity contribution in [3.63, 3.8) is 0 Å². The van der Waals surface area contributed by atoms with Crippen molar-refractivity contribution in [1.82, 2.24) is 0 Å². The molecule has 16 heavy (non-hydrogen) atoms. The standard InChI is InChI=1S/C9H13Cl3O4/c1-2-16-9(15)6(8(13)14)7(12)5(11)3-4-10/h5-7H,2-4H2,1H3,(H,13,14). The van der Waals surface area contributed by atoms with E-state index < -0.39 is 28.6 Å². The second kappa shape index (κ2) is 7.98. The second-order valence-electron chi connectivity index (χ2n) is 3.01. The van der Waals surface area contributed by atoms with E-state index in [1.54, 1.807) is 6.92 Å². The summed E-state index contributed by atoms with van der Waals surface area (Å²) in [6, 6.07) is 0. The molecule has 0 fully saturated rings. The fourth-order valence-corrected chi connectivity index (χ4v) is 2.01. The van der Waals surface area contributed by atoms with Crippen molar-refractivity contribution in [3.8, 4) is 0 Å². The summed E-state index contributed by atoms with van der Waals surface area (Å²) in [4.78, 5) is 22.2. The smallest absolute Gasteiger partial charge is 0.321 e. The van der Waals surface area contributed by atoms with Gasteiger partial charge in [0.05, 0.1) is 17.4 Å². The first kappa shape index (κ1) is 15.8. The minimum Gasteiger partial charge on any atom is -0.481 e. The van der Waals surface area contributed by atoms with Crippen molar-refractivity contribution in [2.45, 2.75) is 24.1 Å². The van der Waals surface area contributed by atoms with E-state index in [0.29, 0.717) is 6.42 Å². The Morgan fingerprint density at radius 2 is 1.94 bits per heavy atom. The fraction of sp³-hybridized carbons (Fsp3) is 0.778. The number of esters is 1. The molecular formula is C9H13Cl3O4. The Bertz CT molecular complexity index is 247. The lowest BCUT2D eigenvalue weighted by molar-refractivity contribution is -0.158. The average Bonchev–Trinajstić information content (AvgIpc) is 2.17. The molecule has 3 unspecified atom stereocenters. The Morgan fingerprint density at radius 1 is 1.38 bits per heavy atom.